The number of anilines is 1. The number of carbonyl (C=O) groups is 2. The zero-order valence-electron chi connectivity index (χ0n) is 19.5. The molecule has 1 aliphatic rings. The van der Waals surface area contributed by atoms with Crippen molar-refractivity contribution in [3.63, 3.8) is 0 Å². The highest BCUT2D eigenvalue weighted by molar-refractivity contribution is 6.05. The van der Waals surface area contributed by atoms with Crippen molar-refractivity contribution in [3.8, 4) is 17.2 Å². The molecule has 1 aromatic heterocycles. The standard InChI is InChI=1S/C25H27N5O4/c1-15-18(11-26)22-24(34-25(28-22)19(31)12-27-13-20(32)33)23(21(15)16-7-5-4-6-8-16)30-10-9-17(14-30)29(2)3/h4-8,17,27H,9-10,12-14H2,1-3H3,(H,32,33)/t17-/m0/s1. The van der Waals surface area contributed by atoms with Crippen molar-refractivity contribution in [2.24, 2.45) is 0 Å². The Hall–Kier alpha value is -3.74. The SMILES string of the molecule is Cc1c(-c2ccccc2)c(N2CC[C@H](N(C)C)C2)c2oc(C(=O)CNCC(=O)O)nc2c1C#N. The van der Waals surface area contributed by atoms with Gasteiger partial charge in [0.05, 0.1) is 24.3 Å². The van der Waals surface area contributed by atoms with Crippen molar-refractivity contribution >= 4 is 28.5 Å². The fourth-order valence-corrected chi connectivity index (χ4v) is 4.48. The van der Waals surface area contributed by atoms with E-state index in [0.717, 1.165) is 41.9 Å². The Labute approximate surface area is 197 Å². The van der Waals surface area contributed by atoms with Crippen LogP contribution in [0.1, 0.15) is 28.2 Å². The van der Waals surface area contributed by atoms with Crippen LogP contribution in [0.25, 0.3) is 22.2 Å². The molecular formula is C25H27N5O4. The highest BCUT2D eigenvalue weighted by Crippen LogP contribution is 2.44. The molecule has 34 heavy (non-hydrogen) atoms. The molecule has 2 heterocycles. The molecular weight excluding hydrogens is 434 g/mol. The summed E-state index contributed by atoms with van der Waals surface area (Å²) in [6, 6.07) is 12.4. The summed E-state index contributed by atoms with van der Waals surface area (Å²) in [4.78, 5) is 32.3. The quantitative estimate of drug-likeness (QED) is 0.487. The van der Waals surface area contributed by atoms with Crippen LogP contribution in [0.3, 0.4) is 0 Å². The summed E-state index contributed by atoms with van der Waals surface area (Å²) >= 11 is 0. The molecule has 1 atom stereocenters. The van der Waals surface area contributed by atoms with E-state index >= 15 is 0 Å². The number of ketones is 1. The molecule has 0 radical (unpaired) electrons. The minimum Gasteiger partial charge on any atom is -0.480 e. The molecule has 0 unspecified atom stereocenters. The number of rotatable bonds is 8. The number of carboxylic acids is 1. The van der Waals surface area contributed by atoms with Crippen LogP contribution in [0.15, 0.2) is 34.7 Å². The Morgan fingerprint density at radius 1 is 1.29 bits per heavy atom. The Balaban J connectivity index is 1.90. The van der Waals surface area contributed by atoms with E-state index in [2.05, 4.69) is 40.3 Å². The van der Waals surface area contributed by atoms with E-state index < -0.39 is 11.8 Å². The average Bonchev–Trinajstić information content (AvgIpc) is 3.47. The third kappa shape index (κ3) is 4.38. The van der Waals surface area contributed by atoms with Gasteiger partial charge in [0, 0.05) is 24.7 Å². The van der Waals surface area contributed by atoms with Gasteiger partial charge in [-0.15, -0.1) is 0 Å². The Morgan fingerprint density at radius 2 is 2.03 bits per heavy atom. The second-order valence-corrected chi connectivity index (χ2v) is 8.67. The van der Waals surface area contributed by atoms with Gasteiger partial charge in [-0.05, 0) is 38.6 Å². The zero-order valence-corrected chi connectivity index (χ0v) is 19.5. The Bertz CT molecular complexity index is 1280. The predicted molar refractivity (Wildman–Crippen MR) is 128 cm³/mol. The van der Waals surface area contributed by atoms with Gasteiger partial charge in [0.2, 0.25) is 5.78 Å². The van der Waals surface area contributed by atoms with Gasteiger partial charge in [-0.2, -0.15) is 5.26 Å². The number of aliphatic carboxylic acids is 1. The number of nitrogens with zero attached hydrogens (tertiary/aromatic N) is 4. The van der Waals surface area contributed by atoms with E-state index in [1.807, 2.05) is 37.3 Å². The number of nitriles is 1. The smallest absolute Gasteiger partial charge is 0.317 e. The molecule has 9 nitrogen and oxygen atoms in total. The summed E-state index contributed by atoms with van der Waals surface area (Å²) < 4.78 is 6.03. The van der Waals surface area contributed by atoms with Crippen molar-refractivity contribution in [1.82, 2.24) is 15.2 Å². The molecule has 1 saturated heterocycles. The molecule has 0 aliphatic carbocycles. The third-order valence-corrected chi connectivity index (χ3v) is 6.25. The summed E-state index contributed by atoms with van der Waals surface area (Å²) in [5.41, 5.74) is 4.57. The molecule has 2 N–H and O–H groups in total. The number of carbonyl (C=O) groups excluding carboxylic acids is 1. The molecule has 0 spiro atoms. The monoisotopic (exact) mass is 461 g/mol. The fraction of sp³-hybridized carbons (Fsp3) is 0.360. The van der Waals surface area contributed by atoms with Gasteiger partial charge in [-0.1, -0.05) is 30.3 Å². The second-order valence-electron chi connectivity index (χ2n) is 8.67. The first-order valence-corrected chi connectivity index (χ1v) is 11.1. The molecule has 0 saturated carbocycles. The number of Topliss-reactive ketones (excluding diaryl/α,β-unsaturated/α-hetero) is 1. The predicted octanol–water partition coefficient (Wildman–Crippen LogP) is 2.67. The summed E-state index contributed by atoms with van der Waals surface area (Å²) in [6.45, 7) is 2.89. The minimum absolute atomic E-state index is 0.140. The van der Waals surface area contributed by atoms with Gasteiger partial charge >= 0.3 is 5.97 Å². The largest absolute Gasteiger partial charge is 0.480 e. The highest BCUT2D eigenvalue weighted by atomic mass is 16.4. The second kappa shape index (κ2) is 9.63. The lowest BCUT2D eigenvalue weighted by molar-refractivity contribution is -0.135. The molecule has 176 valence electrons. The van der Waals surface area contributed by atoms with Crippen LogP contribution in [-0.4, -0.2) is 73.1 Å². The van der Waals surface area contributed by atoms with Crippen molar-refractivity contribution in [2.75, 3.05) is 45.2 Å². The van der Waals surface area contributed by atoms with Gasteiger partial charge in [0.25, 0.3) is 5.89 Å². The van der Waals surface area contributed by atoms with E-state index in [0.29, 0.717) is 22.7 Å². The van der Waals surface area contributed by atoms with E-state index in [1.54, 1.807) is 0 Å². The van der Waals surface area contributed by atoms with Crippen molar-refractivity contribution in [2.45, 2.75) is 19.4 Å². The number of fused-ring (bicyclic) bond motifs is 1. The number of carboxylic acid groups (broad SMARTS) is 1. The van der Waals surface area contributed by atoms with Crippen LogP contribution in [0.5, 0.6) is 0 Å². The fourth-order valence-electron chi connectivity index (χ4n) is 4.48. The van der Waals surface area contributed by atoms with Crippen molar-refractivity contribution in [3.05, 3.63) is 47.3 Å². The lowest BCUT2D eigenvalue weighted by atomic mass is 9.93. The average molecular weight is 462 g/mol. The van der Waals surface area contributed by atoms with Gasteiger partial charge in [-0.25, -0.2) is 4.98 Å². The zero-order chi connectivity index (χ0) is 24.4. The highest BCUT2D eigenvalue weighted by Gasteiger charge is 2.32. The van der Waals surface area contributed by atoms with Crippen molar-refractivity contribution < 1.29 is 19.1 Å². The number of hydrogen-bond donors (Lipinski definition) is 2. The summed E-state index contributed by atoms with van der Waals surface area (Å²) in [7, 11) is 4.11. The number of likely N-dealkylation sites (N-methyl/N-ethyl adjacent to an activating group) is 1. The summed E-state index contributed by atoms with van der Waals surface area (Å²) in [6.07, 6.45) is 0.973. The Morgan fingerprint density at radius 3 is 2.65 bits per heavy atom. The summed E-state index contributed by atoms with van der Waals surface area (Å²) in [5.74, 6) is -1.68. The van der Waals surface area contributed by atoms with Crippen molar-refractivity contribution in [1.29, 1.82) is 5.26 Å². The number of hydrogen-bond acceptors (Lipinski definition) is 8. The topological polar surface area (TPSA) is 123 Å². The first kappa shape index (κ1) is 23.4. The minimum atomic E-state index is -1.06. The maximum absolute atomic E-state index is 12.7. The van der Waals surface area contributed by atoms with Gasteiger partial charge in [-0.3, -0.25) is 14.9 Å². The lowest BCUT2D eigenvalue weighted by Crippen LogP contribution is -2.31. The van der Waals surface area contributed by atoms with E-state index in [4.69, 9.17) is 9.52 Å². The number of benzene rings is 2. The summed E-state index contributed by atoms with van der Waals surface area (Å²) in [5, 5.41) is 21.4. The van der Waals surface area contributed by atoms with Crippen LogP contribution in [0, 0.1) is 18.3 Å². The van der Waals surface area contributed by atoms with Crippen LogP contribution < -0.4 is 10.2 Å². The molecule has 9 heteroatoms. The van der Waals surface area contributed by atoms with E-state index in [9.17, 15) is 14.9 Å². The normalized spacial score (nSPS) is 15.7. The van der Waals surface area contributed by atoms with Crippen LogP contribution in [0.2, 0.25) is 0 Å². The molecule has 0 bridgehead atoms. The molecule has 3 aromatic rings. The Kier molecular flexibility index (Phi) is 6.63. The van der Waals surface area contributed by atoms with Gasteiger partial charge in [0.15, 0.2) is 5.58 Å². The van der Waals surface area contributed by atoms with Gasteiger partial charge in [0.1, 0.15) is 11.6 Å². The lowest BCUT2D eigenvalue weighted by Gasteiger charge is -2.25. The van der Waals surface area contributed by atoms with E-state index in [1.165, 1.54) is 0 Å². The van der Waals surface area contributed by atoms with Crippen LogP contribution in [0.4, 0.5) is 5.69 Å². The number of aromatic nitrogens is 1. The maximum atomic E-state index is 12.7. The third-order valence-electron chi connectivity index (χ3n) is 6.25. The van der Waals surface area contributed by atoms with Crippen LogP contribution >= 0.6 is 0 Å². The molecule has 1 aliphatic heterocycles. The molecule has 4 rings (SSSR count). The van der Waals surface area contributed by atoms with Gasteiger partial charge < -0.3 is 19.3 Å². The molecule has 1 fully saturated rings. The molecule has 0 amide bonds. The van der Waals surface area contributed by atoms with E-state index in [-0.39, 0.29) is 19.0 Å². The first-order chi connectivity index (χ1) is 16.3. The van der Waals surface area contributed by atoms with Crippen LogP contribution in [-0.2, 0) is 4.79 Å². The maximum Gasteiger partial charge on any atom is 0.317 e. The first-order valence-electron chi connectivity index (χ1n) is 11.1. The molecule has 2 aromatic carbocycles. The number of nitrogens with one attached hydrogen (secondary N) is 1. The number of oxazole rings is 1.